The molecule has 0 spiro atoms. The third-order valence-electron chi connectivity index (χ3n) is 4.94. The van der Waals surface area contributed by atoms with Crippen LogP contribution >= 0.6 is 0 Å². The number of ketones is 1. The lowest BCUT2D eigenvalue weighted by molar-refractivity contribution is -0.147. The lowest BCUT2D eigenvalue weighted by atomic mass is 10.1. The van der Waals surface area contributed by atoms with Crippen LogP contribution in [0.15, 0.2) is 72.8 Å². The van der Waals surface area contributed by atoms with Crippen molar-refractivity contribution in [2.24, 2.45) is 5.92 Å². The molecule has 1 amide bonds. The van der Waals surface area contributed by atoms with E-state index in [1.807, 2.05) is 48.5 Å². The Labute approximate surface area is 162 Å². The van der Waals surface area contributed by atoms with Gasteiger partial charge in [-0.05, 0) is 22.9 Å². The van der Waals surface area contributed by atoms with Gasteiger partial charge in [0.25, 0.3) is 0 Å². The topological polar surface area (TPSA) is 63.7 Å². The van der Waals surface area contributed by atoms with E-state index in [4.69, 9.17) is 4.74 Å². The highest BCUT2D eigenvalue weighted by Crippen LogP contribution is 2.28. The van der Waals surface area contributed by atoms with Crippen LogP contribution < -0.4 is 4.90 Å². The Morgan fingerprint density at radius 1 is 0.929 bits per heavy atom. The Morgan fingerprint density at radius 2 is 1.64 bits per heavy atom. The molecule has 28 heavy (non-hydrogen) atoms. The molecule has 1 atom stereocenters. The smallest absolute Gasteiger partial charge is 0.311 e. The molecule has 4 rings (SSSR count). The zero-order chi connectivity index (χ0) is 19.5. The first-order chi connectivity index (χ1) is 13.6. The zero-order valence-corrected chi connectivity index (χ0v) is 15.2. The van der Waals surface area contributed by atoms with E-state index in [2.05, 4.69) is 0 Å². The number of nitrogens with zero attached hydrogens (tertiary/aromatic N) is 1. The number of esters is 1. The second-order valence-electron chi connectivity index (χ2n) is 6.83. The van der Waals surface area contributed by atoms with Crippen LogP contribution in [0.4, 0.5) is 5.69 Å². The first-order valence-corrected chi connectivity index (χ1v) is 9.16. The van der Waals surface area contributed by atoms with E-state index in [-0.39, 0.29) is 31.3 Å². The van der Waals surface area contributed by atoms with Crippen molar-refractivity contribution < 1.29 is 19.1 Å². The molecule has 1 aliphatic rings. The van der Waals surface area contributed by atoms with Crippen LogP contribution in [-0.2, 0) is 14.3 Å². The van der Waals surface area contributed by atoms with Crippen molar-refractivity contribution in [3.05, 3.63) is 78.4 Å². The molecule has 0 bridgehead atoms. The van der Waals surface area contributed by atoms with Crippen LogP contribution in [0, 0.1) is 5.92 Å². The normalized spacial score (nSPS) is 16.4. The van der Waals surface area contributed by atoms with E-state index in [0.29, 0.717) is 5.56 Å². The summed E-state index contributed by atoms with van der Waals surface area (Å²) in [6, 6.07) is 22.4. The summed E-state index contributed by atoms with van der Waals surface area (Å²) in [6.45, 7) is -0.0565. The minimum Gasteiger partial charge on any atom is -0.457 e. The highest BCUT2D eigenvalue weighted by atomic mass is 16.5. The summed E-state index contributed by atoms with van der Waals surface area (Å²) in [6.07, 6.45) is 0.0885. The summed E-state index contributed by atoms with van der Waals surface area (Å²) in [7, 11) is 0. The number of carbonyl (C=O) groups is 3. The van der Waals surface area contributed by atoms with E-state index in [0.717, 1.165) is 16.5 Å². The van der Waals surface area contributed by atoms with Crippen LogP contribution in [0.3, 0.4) is 0 Å². The number of hydrogen-bond donors (Lipinski definition) is 0. The molecule has 140 valence electrons. The molecule has 1 heterocycles. The average molecular weight is 373 g/mol. The number of rotatable bonds is 5. The van der Waals surface area contributed by atoms with Crippen molar-refractivity contribution in [2.45, 2.75) is 6.42 Å². The van der Waals surface area contributed by atoms with Crippen LogP contribution in [0.5, 0.6) is 0 Å². The van der Waals surface area contributed by atoms with Gasteiger partial charge < -0.3 is 9.64 Å². The molecule has 3 aromatic rings. The van der Waals surface area contributed by atoms with Crippen molar-refractivity contribution in [1.82, 2.24) is 0 Å². The van der Waals surface area contributed by atoms with Crippen molar-refractivity contribution in [1.29, 1.82) is 0 Å². The first-order valence-electron chi connectivity index (χ1n) is 9.16. The van der Waals surface area contributed by atoms with Gasteiger partial charge in [-0.15, -0.1) is 0 Å². The Bertz CT molecular complexity index is 1040. The SMILES string of the molecule is O=C(COC(=O)C1CC(=O)N(c2ccc3ccccc3c2)C1)c1ccccc1. The molecule has 0 N–H and O–H groups in total. The van der Waals surface area contributed by atoms with Crippen LogP contribution in [0.2, 0.25) is 0 Å². The largest absolute Gasteiger partial charge is 0.457 e. The molecule has 5 heteroatoms. The van der Waals surface area contributed by atoms with Gasteiger partial charge in [-0.25, -0.2) is 0 Å². The lowest BCUT2D eigenvalue weighted by Crippen LogP contribution is -2.27. The van der Waals surface area contributed by atoms with E-state index >= 15 is 0 Å². The summed E-state index contributed by atoms with van der Waals surface area (Å²) in [4.78, 5) is 38.5. The number of fused-ring (bicyclic) bond motifs is 1. The number of ether oxygens (including phenoxy) is 1. The number of hydrogen-bond acceptors (Lipinski definition) is 4. The first kappa shape index (κ1) is 17.9. The van der Waals surface area contributed by atoms with Gasteiger partial charge >= 0.3 is 5.97 Å². The fraction of sp³-hybridized carbons (Fsp3) is 0.174. The molecule has 3 aromatic carbocycles. The molecule has 0 radical (unpaired) electrons. The zero-order valence-electron chi connectivity index (χ0n) is 15.2. The second-order valence-corrected chi connectivity index (χ2v) is 6.83. The molecule has 1 fully saturated rings. The summed E-state index contributed by atoms with van der Waals surface area (Å²) in [5.74, 6) is -1.46. The highest BCUT2D eigenvalue weighted by molar-refractivity contribution is 6.02. The average Bonchev–Trinajstić information content (AvgIpc) is 3.13. The summed E-state index contributed by atoms with van der Waals surface area (Å²) >= 11 is 0. The van der Waals surface area contributed by atoms with Gasteiger partial charge in [-0.2, -0.15) is 0 Å². The molecule has 1 saturated heterocycles. The van der Waals surface area contributed by atoms with Gasteiger partial charge in [0.2, 0.25) is 5.91 Å². The van der Waals surface area contributed by atoms with Crippen molar-refractivity contribution in [2.75, 3.05) is 18.1 Å². The predicted octanol–water partition coefficient (Wildman–Crippen LogP) is 3.62. The molecule has 0 aliphatic carbocycles. The maximum Gasteiger partial charge on any atom is 0.311 e. The molecular weight excluding hydrogens is 354 g/mol. The standard InChI is InChI=1S/C23H19NO4/c25-21(17-7-2-1-3-8-17)15-28-23(27)19-13-22(26)24(14-19)20-11-10-16-6-4-5-9-18(16)12-20/h1-12,19H,13-15H2. The number of Topliss-reactive ketones (excluding diaryl/α,β-unsaturated/α-hetero) is 1. The van der Waals surface area contributed by atoms with Crippen LogP contribution in [-0.4, -0.2) is 30.8 Å². The molecular formula is C23H19NO4. The fourth-order valence-electron chi connectivity index (χ4n) is 3.42. The Kier molecular flexibility index (Phi) is 4.89. The quantitative estimate of drug-likeness (QED) is 0.506. The monoisotopic (exact) mass is 373 g/mol. The van der Waals surface area contributed by atoms with Crippen molar-refractivity contribution in [3.63, 3.8) is 0 Å². The van der Waals surface area contributed by atoms with Crippen molar-refractivity contribution in [3.8, 4) is 0 Å². The number of amides is 1. The third-order valence-corrected chi connectivity index (χ3v) is 4.94. The molecule has 1 unspecified atom stereocenters. The van der Waals surface area contributed by atoms with Crippen LogP contribution in [0.25, 0.3) is 10.8 Å². The van der Waals surface area contributed by atoms with Gasteiger partial charge in [0.05, 0.1) is 5.92 Å². The Morgan fingerprint density at radius 3 is 2.43 bits per heavy atom. The lowest BCUT2D eigenvalue weighted by Gasteiger charge is -2.17. The van der Waals surface area contributed by atoms with Gasteiger partial charge in [0.15, 0.2) is 12.4 Å². The Balaban J connectivity index is 1.40. The summed E-state index contributed by atoms with van der Waals surface area (Å²) in [5.41, 5.74) is 1.26. The maximum absolute atomic E-state index is 12.4. The van der Waals surface area contributed by atoms with Gasteiger partial charge in [0.1, 0.15) is 0 Å². The molecule has 0 aromatic heterocycles. The van der Waals surface area contributed by atoms with Gasteiger partial charge in [-0.3, -0.25) is 14.4 Å². The minimum atomic E-state index is -0.567. The number of benzene rings is 3. The Hall–Kier alpha value is -3.47. The van der Waals surface area contributed by atoms with E-state index in [1.165, 1.54) is 0 Å². The predicted molar refractivity (Wildman–Crippen MR) is 106 cm³/mol. The van der Waals surface area contributed by atoms with Gasteiger partial charge in [-0.1, -0.05) is 60.7 Å². The summed E-state index contributed by atoms with van der Waals surface area (Å²) in [5, 5.41) is 2.13. The van der Waals surface area contributed by atoms with Crippen molar-refractivity contribution >= 4 is 34.1 Å². The molecule has 5 nitrogen and oxygen atoms in total. The minimum absolute atomic E-state index is 0.0885. The summed E-state index contributed by atoms with van der Waals surface area (Å²) < 4.78 is 5.18. The van der Waals surface area contributed by atoms with E-state index in [1.54, 1.807) is 29.2 Å². The van der Waals surface area contributed by atoms with Crippen LogP contribution in [0.1, 0.15) is 16.8 Å². The van der Waals surface area contributed by atoms with Gasteiger partial charge in [0, 0.05) is 24.2 Å². The number of carbonyl (C=O) groups excluding carboxylic acids is 3. The maximum atomic E-state index is 12.4. The molecule has 0 saturated carbocycles. The number of anilines is 1. The van der Waals surface area contributed by atoms with E-state index < -0.39 is 11.9 Å². The second kappa shape index (κ2) is 7.64. The fourth-order valence-corrected chi connectivity index (χ4v) is 3.42. The van der Waals surface area contributed by atoms with E-state index in [9.17, 15) is 14.4 Å². The molecule has 1 aliphatic heterocycles. The third kappa shape index (κ3) is 3.64. The highest BCUT2D eigenvalue weighted by Gasteiger charge is 2.36.